The lowest BCUT2D eigenvalue weighted by molar-refractivity contribution is 0.101. The van der Waals surface area contributed by atoms with Crippen LogP contribution in [-0.4, -0.2) is 25.7 Å². The van der Waals surface area contributed by atoms with E-state index in [1.807, 2.05) is 6.92 Å². The van der Waals surface area contributed by atoms with Crippen molar-refractivity contribution in [1.29, 1.82) is 0 Å². The van der Waals surface area contributed by atoms with Crippen LogP contribution >= 0.6 is 0 Å². The first-order valence-corrected chi connectivity index (χ1v) is 6.87. The number of nitrogens with zero attached hydrogens (tertiary/aromatic N) is 3. The molecule has 0 bridgehead atoms. The summed E-state index contributed by atoms with van der Waals surface area (Å²) in [7, 11) is 0. The van der Waals surface area contributed by atoms with E-state index < -0.39 is 0 Å². The molecule has 3 aromatic rings. The lowest BCUT2D eigenvalue weighted by Crippen LogP contribution is -2.00. The van der Waals surface area contributed by atoms with E-state index in [4.69, 9.17) is 0 Å². The third-order valence-corrected chi connectivity index (χ3v) is 3.65. The monoisotopic (exact) mass is 293 g/mol. The fraction of sp³-hybridized carbons (Fsp3) is 0.118. The van der Waals surface area contributed by atoms with Gasteiger partial charge in [-0.1, -0.05) is 0 Å². The highest BCUT2D eigenvalue weighted by molar-refractivity contribution is 6.03. The van der Waals surface area contributed by atoms with Crippen LogP contribution in [0.5, 0.6) is 0 Å². The topological polar surface area (TPSA) is 68.0 Å². The number of ketones is 1. The van der Waals surface area contributed by atoms with Crippen LogP contribution in [-0.2, 0) is 0 Å². The molecule has 3 heterocycles. The quantitative estimate of drug-likeness (QED) is 0.594. The second-order valence-electron chi connectivity index (χ2n) is 5.04. The van der Waals surface area contributed by atoms with Gasteiger partial charge in [-0.3, -0.25) is 14.8 Å². The second-order valence-corrected chi connectivity index (χ2v) is 5.04. The summed E-state index contributed by atoms with van der Waals surface area (Å²) in [4.78, 5) is 20.1. The highest BCUT2D eigenvalue weighted by Crippen LogP contribution is 2.35. The highest BCUT2D eigenvalue weighted by Gasteiger charge is 2.24. The number of carbonyl (C=O) groups excluding carboxylic acids is 1. The molecule has 0 aliphatic heterocycles. The molecule has 1 N–H and O–H groups in total. The zero-order valence-electron chi connectivity index (χ0n) is 12.3. The maximum atomic E-state index is 12.1. The van der Waals surface area contributed by atoms with Crippen molar-refractivity contribution in [3.05, 3.63) is 60.2 Å². The largest absolute Gasteiger partial charge is 0.428 e. The summed E-state index contributed by atoms with van der Waals surface area (Å²) in [5.74, 6) is -0.0904. The number of hydrogen-bond acceptors (Lipinski definition) is 4. The Bertz CT molecular complexity index is 824. The minimum atomic E-state index is -0.0904. The molecule has 0 saturated carbocycles. The van der Waals surface area contributed by atoms with Gasteiger partial charge in [-0.05, 0) is 43.7 Å². The summed E-state index contributed by atoms with van der Waals surface area (Å²) in [5, 5.41) is 10.7. The third-order valence-electron chi connectivity index (χ3n) is 3.65. The van der Waals surface area contributed by atoms with Crippen molar-refractivity contribution >= 4 is 5.78 Å². The molecular weight excluding hydrogens is 278 g/mol. The average molecular weight is 293 g/mol. The third kappa shape index (κ3) is 2.16. The minimum Gasteiger partial charge on any atom is -0.428 e. The molecule has 22 heavy (non-hydrogen) atoms. The number of rotatable bonds is 3. The fourth-order valence-corrected chi connectivity index (χ4v) is 2.73. The van der Waals surface area contributed by atoms with Gasteiger partial charge in [-0.15, -0.1) is 0 Å². The summed E-state index contributed by atoms with van der Waals surface area (Å²) < 4.78 is 1.08. The van der Waals surface area contributed by atoms with Crippen molar-refractivity contribution in [2.45, 2.75) is 13.8 Å². The average Bonchev–Trinajstić information content (AvgIpc) is 2.80. The van der Waals surface area contributed by atoms with Gasteiger partial charge in [-0.2, -0.15) is 4.73 Å². The molecule has 0 radical (unpaired) electrons. The predicted molar refractivity (Wildman–Crippen MR) is 82.8 cm³/mol. The molecular formula is C17H15N3O2. The Morgan fingerprint density at radius 1 is 0.955 bits per heavy atom. The van der Waals surface area contributed by atoms with Crippen LogP contribution < -0.4 is 0 Å². The molecule has 0 atom stereocenters. The lowest BCUT2D eigenvalue weighted by atomic mass is 10.0. The van der Waals surface area contributed by atoms with E-state index in [9.17, 15) is 10.0 Å². The molecule has 0 aromatic carbocycles. The molecule has 0 spiro atoms. The van der Waals surface area contributed by atoms with Crippen LogP contribution in [0.3, 0.4) is 0 Å². The zero-order valence-corrected chi connectivity index (χ0v) is 12.3. The number of carbonyl (C=O) groups is 1. The molecule has 110 valence electrons. The first-order valence-electron chi connectivity index (χ1n) is 6.87. The lowest BCUT2D eigenvalue weighted by Gasteiger charge is -2.07. The Hall–Kier alpha value is -2.95. The molecule has 3 aromatic heterocycles. The van der Waals surface area contributed by atoms with E-state index in [0.29, 0.717) is 17.0 Å². The van der Waals surface area contributed by atoms with Gasteiger partial charge in [0.05, 0.1) is 17.0 Å². The van der Waals surface area contributed by atoms with Crippen molar-refractivity contribution in [2.75, 3.05) is 0 Å². The Labute approximate surface area is 127 Å². The van der Waals surface area contributed by atoms with Crippen LogP contribution in [0.2, 0.25) is 0 Å². The number of hydrogen-bond donors (Lipinski definition) is 1. The zero-order chi connectivity index (χ0) is 15.7. The van der Waals surface area contributed by atoms with E-state index in [2.05, 4.69) is 9.97 Å². The first-order chi connectivity index (χ1) is 10.6. The maximum absolute atomic E-state index is 12.1. The van der Waals surface area contributed by atoms with Crippen molar-refractivity contribution in [1.82, 2.24) is 14.7 Å². The van der Waals surface area contributed by atoms with Crippen LogP contribution in [0.15, 0.2) is 49.1 Å². The van der Waals surface area contributed by atoms with Gasteiger partial charge in [0.15, 0.2) is 5.78 Å². The van der Waals surface area contributed by atoms with Crippen LogP contribution in [0.4, 0.5) is 0 Å². The van der Waals surface area contributed by atoms with E-state index in [1.54, 1.807) is 49.1 Å². The van der Waals surface area contributed by atoms with E-state index >= 15 is 0 Å². The molecule has 3 rings (SSSR count). The number of pyridine rings is 2. The van der Waals surface area contributed by atoms with E-state index in [0.717, 1.165) is 21.4 Å². The van der Waals surface area contributed by atoms with Crippen molar-refractivity contribution < 1.29 is 10.0 Å². The highest BCUT2D eigenvalue weighted by atomic mass is 16.5. The van der Waals surface area contributed by atoms with Crippen LogP contribution in [0.25, 0.3) is 22.5 Å². The van der Waals surface area contributed by atoms with Gasteiger partial charge in [0.2, 0.25) is 0 Å². The van der Waals surface area contributed by atoms with Gasteiger partial charge < -0.3 is 5.21 Å². The van der Waals surface area contributed by atoms with Gasteiger partial charge in [0.1, 0.15) is 0 Å². The second kappa shape index (κ2) is 5.44. The summed E-state index contributed by atoms with van der Waals surface area (Å²) >= 11 is 0. The molecule has 5 nitrogen and oxygen atoms in total. The van der Waals surface area contributed by atoms with Gasteiger partial charge in [-0.25, -0.2) is 0 Å². The first kappa shape index (κ1) is 14.0. The molecule has 5 heteroatoms. The number of Topliss-reactive ketones (excluding diaryl/α,β-unsaturated/α-hetero) is 1. The molecule has 0 amide bonds. The SMILES string of the molecule is CC(=O)c1c(C)c(-c2ccncc2)n(O)c1-c1ccncc1. The predicted octanol–water partition coefficient (Wildman–Crippen LogP) is 3.36. The van der Waals surface area contributed by atoms with Crippen molar-refractivity contribution in [2.24, 2.45) is 0 Å². The maximum Gasteiger partial charge on any atom is 0.162 e. The standard InChI is InChI=1S/C17H15N3O2/c1-11-15(12(2)21)17(14-5-9-19-10-6-14)20(22)16(11)13-3-7-18-8-4-13/h3-10,22H,1-2H3. The fourth-order valence-electron chi connectivity index (χ4n) is 2.73. The van der Waals surface area contributed by atoms with Crippen LogP contribution in [0, 0.1) is 6.92 Å². The summed E-state index contributed by atoms with van der Waals surface area (Å²) in [5.41, 5.74) is 3.89. The summed E-state index contributed by atoms with van der Waals surface area (Å²) in [6.45, 7) is 3.34. The van der Waals surface area contributed by atoms with Gasteiger partial charge in [0.25, 0.3) is 0 Å². The van der Waals surface area contributed by atoms with E-state index in [1.165, 1.54) is 6.92 Å². The van der Waals surface area contributed by atoms with Crippen molar-refractivity contribution in [3.8, 4) is 22.5 Å². The molecule has 0 fully saturated rings. The Morgan fingerprint density at radius 3 is 1.86 bits per heavy atom. The van der Waals surface area contributed by atoms with Crippen molar-refractivity contribution in [3.63, 3.8) is 0 Å². The molecule has 0 aliphatic carbocycles. The number of aromatic nitrogens is 3. The minimum absolute atomic E-state index is 0.0904. The summed E-state index contributed by atoms with van der Waals surface area (Å²) in [6.07, 6.45) is 6.57. The molecule has 0 aliphatic rings. The Balaban J connectivity index is 2.34. The Kier molecular flexibility index (Phi) is 3.47. The van der Waals surface area contributed by atoms with E-state index in [-0.39, 0.29) is 5.78 Å². The normalized spacial score (nSPS) is 10.6. The Morgan fingerprint density at radius 2 is 1.41 bits per heavy atom. The molecule has 0 saturated heterocycles. The smallest absolute Gasteiger partial charge is 0.162 e. The molecule has 0 unspecified atom stereocenters. The van der Waals surface area contributed by atoms with Gasteiger partial charge in [0, 0.05) is 35.9 Å². The van der Waals surface area contributed by atoms with Gasteiger partial charge >= 0.3 is 0 Å². The van der Waals surface area contributed by atoms with Crippen LogP contribution in [0.1, 0.15) is 22.8 Å². The summed E-state index contributed by atoms with van der Waals surface area (Å²) in [6, 6.07) is 7.14.